The Balaban J connectivity index is 1.85. The van der Waals surface area contributed by atoms with Crippen LogP contribution in [0.25, 0.3) is 11.3 Å². The van der Waals surface area contributed by atoms with E-state index in [0.29, 0.717) is 6.42 Å². The molecule has 4 aromatic rings. The molecule has 0 atom stereocenters. The van der Waals surface area contributed by atoms with Crippen molar-refractivity contribution in [2.75, 3.05) is 0 Å². The number of fused-ring (bicyclic) bond motifs is 2. The van der Waals surface area contributed by atoms with Gasteiger partial charge in [-0.15, -0.1) is 0 Å². The Labute approximate surface area is 114 Å². The minimum atomic E-state index is 0.630. The van der Waals surface area contributed by atoms with Crippen molar-refractivity contribution in [3.63, 3.8) is 0 Å². The largest absolute Gasteiger partial charge is 0.301 e. The van der Waals surface area contributed by atoms with Crippen molar-refractivity contribution >= 4 is 11.3 Å². The Morgan fingerprint density at radius 2 is 2.05 bits per heavy atom. The summed E-state index contributed by atoms with van der Waals surface area (Å²) < 4.78 is 3.77. The first kappa shape index (κ1) is 11.0. The van der Waals surface area contributed by atoms with Crippen molar-refractivity contribution in [1.29, 1.82) is 0 Å². The topological polar surface area (TPSA) is 73.3 Å². The fourth-order valence-electron chi connectivity index (χ4n) is 2.28. The molecule has 7 heteroatoms. The first-order chi connectivity index (χ1) is 9.83. The molecular formula is C13H11N7. The van der Waals surface area contributed by atoms with Crippen LogP contribution in [0, 0.1) is 6.92 Å². The molecule has 0 bridgehead atoms. The molecule has 4 rings (SSSR count). The Morgan fingerprint density at radius 3 is 3.00 bits per heavy atom. The van der Waals surface area contributed by atoms with E-state index in [2.05, 4.69) is 25.0 Å². The van der Waals surface area contributed by atoms with E-state index in [1.807, 2.05) is 23.7 Å². The molecule has 0 saturated heterocycles. The molecule has 0 aliphatic rings. The maximum Gasteiger partial charge on any atom is 0.161 e. The molecule has 7 nitrogen and oxygen atoms in total. The molecule has 0 aliphatic heterocycles. The van der Waals surface area contributed by atoms with Crippen LogP contribution in [0.5, 0.6) is 0 Å². The number of hydrogen-bond donors (Lipinski definition) is 0. The number of nitrogens with zero attached hydrogens (tertiary/aromatic N) is 7. The van der Waals surface area contributed by atoms with Gasteiger partial charge in [0.2, 0.25) is 0 Å². The summed E-state index contributed by atoms with van der Waals surface area (Å²) in [6, 6.07) is 0. The number of aromatic nitrogens is 7. The molecule has 0 unspecified atom stereocenters. The zero-order chi connectivity index (χ0) is 13.5. The van der Waals surface area contributed by atoms with Gasteiger partial charge in [-0.1, -0.05) is 0 Å². The Hall–Kier alpha value is -2.83. The lowest BCUT2D eigenvalue weighted by Crippen LogP contribution is -2.06. The average molecular weight is 265 g/mol. The lowest BCUT2D eigenvalue weighted by Gasteiger charge is -2.03. The average Bonchev–Trinajstić information content (AvgIpc) is 3.05. The lowest BCUT2D eigenvalue weighted by atomic mass is 10.3. The van der Waals surface area contributed by atoms with Crippen LogP contribution in [0.1, 0.15) is 17.1 Å². The number of imidazole rings is 1. The minimum absolute atomic E-state index is 0.630. The SMILES string of the molecule is Cc1cnn2c(Cc3cnc4cnccn34)ncnc12. The van der Waals surface area contributed by atoms with Crippen molar-refractivity contribution in [1.82, 2.24) is 34.0 Å². The molecule has 0 saturated carbocycles. The van der Waals surface area contributed by atoms with Crippen LogP contribution in [0.3, 0.4) is 0 Å². The third kappa shape index (κ3) is 1.56. The highest BCUT2D eigenvalue weighted by Crippen LogP contribution is 2.12. The quantitative estimate of drug-likeness (QED) is 0.542. The van der Waals surface area contributed by atoms with Crippen LogP contribution in [0.4, 0.5) is 0 Å². The lowest BCUT2D eigenvalue weighted by molar-refractivity contribution is 0.790. The van der Waals surface area contributed by atoms with Gasteiger partial charge < -0.3 is 4.40 Å². The second-order valence-corrected chi connectivity index (χ2v) is 4.58. The van der Waals surface area contributed by atoms with Crippen LogP contribution in [0.2, 0.25) is 0 Å². The Morgan fingerprint density at radius 1 is 1.10 bits per heavy atom. The van der Waals surface area contributed by atoms with Crippen molar-refractivity contribution in [3.8, 4) is 0 Å². The van der Waals surface area contributed by atoms with E-state index in [1.54, 1.807) is 29.4 Å². The van der Waals surface area contributed by atoms with E-state index in [4.69, 9.17) is 0 Å². The maximum atomic E-state index is 4.33. The van der Waals surface area contributed by atoms with E-state index >= 15 is 0 Å². The molecule has 0 fully saturated rings. The van der Waals surface area contributed by atoms with Crippen molar-refractivity contribution in [2.45, 2.75) is 13.3 Å². The second kappa shape index (κ2) is 4.09. The molecule has 4 heterocycles. The fourth-order valence-corrected chi connectivity index (χ4v) is 2.28. The monoisotopic (exact) mass is 265 g/mol. The molecule has 98 valence electrons. The smallest absolute Gasteiger partial charge is 0.161 e. The zero-order valence-electron chi connectivity index (χ0n) is 10.8. The van der Waals surface area contributed by atoms with Crippen LogP contribution in [-0.4, -0.2) is 34.0 Å². The van der Waals surface area contributed by atoms with Gasteiger partial charge in [-0.2, -0.15) is 5.10 Å². The van der Waals surface area contributed by atoms with Gasteiger partial charge >= 0.3 is 0 Å². The van der Waals surface area contributed by atoms with E-state index in [0.717, 1.165) is 28.4 Å². The third-order valence-electron chi connectivity index (χ3n) is 3.28. The Bertz CT molecular complexity index is 905. The molecule has 0 aromatic carbocycles. The molecule has 0 N–H and O–H groups in total. The van der Waals surface area contributed by atoms with Gasteiger partial charge in [-0.25, -0.2) is 19.5 Å². The second-order valence-electron chi connectivity index (χ2n) is 4.58. The van der Waals surface area contributed by atoms with Crippen LogP contribution >= 0.6 is 0 Å². The summed E-state index contributed by atoms with van der Waals surface area (Å²) in [6.07, 6.45) is 11.2. The molecule has 20 heavy (non-hydrogen) atoms. The van der Waals surface area contributed by atoms with Gasteiger partial charge in [0.1, 0.15) is 12.2 Å². The van der Waals surface area contributed by atoms with Gasteiger partial charge in [-0.05, 0) is 6.92 Å². The summed E-state index contributed by atoms with van der Waals surface area (Å²) >= 11 is 0. The standard InChI is InChI=1S/C13H11N7/c1-9-5-18-20-11(16-8-17-13(9)20)4-10-6-15-12-7-14-2-3-19(10)12/h2-3,5-8H,4H2,1H3. The van der Waals surface area contributed by atoms with Crippen LogP contribution in [-0.2, 0) is 6.42 Å². The molecule has 0 spiro atoms. The summed E-state index contributed by atoms with van der Waals surface area (Å²) in [5.74, 6) is 0.835. The molecular weight excluding hydrogens is 254 g/mol. The van der Waals surface area contributed by atoms with E-state index in [9.17, 15) is 0 Å². The maximum absolute atomic E-state index is 4.33. The normalized spacial score (nSPS) is 11.4. The highest BCUT2D eigenvalue weighted by Gasteiger charge is 2.10. The molecule has 4 aromatic heterocycles. The van der Waals surface area contributed by atoms with E-state index in [-0.39, 0.29) is 0 Å². The highest BCUT2D eigenvalue weighted by molar-refractivity contribution is 5.45. The summed E-state index contributed by atoms with van der Waals surface area (Å²) in [6.45, 7) is 1.99. The third-order valence-corrected chi connectivity index (χ3v) is 3.28. The number of rotatable bonds is 2. The predicted molar refractivity (Wildman–Crippen MR) is 71.3 cm³/mol. The zero-order valence-corrected chi connectivity index (χ0v) is 10.8. The number of hydrogen-bond acceptors (Lipinski definition) is 5. The van der Waals surface area contributed by atoms with Gasteiger partial charge in [0.25, 0.3) is 0 Å². The predicted octanol–water partition coefficient (Wildman–Crippen LogP) is 1.07. The van der Waals surface area contributed by atoms with Crippen LogP contribution in [0.15, 0.2) is 37.3 Å². The van der Waals surface area contributed by atoms with Gasteiger partial charge in [0.05, 0.1) is 24.5 Å². The fraction of sp³-hybridized carbons (Fsp3) is 0.154. The first-order valence-electron chi connectivity index (χ1n) is 6.23. The molecule has 0 amide bonds. The number of aryl methyl sites for hydroxylation is 1. The van der Waals surface area contributed by atoms with Gasteiger partial charge in [0.15, 0.2) is 11.3 Å². The summed E-state index contributed by atoms with van der Waals surface area (Å²) in [4.78, 5) is 17.0. The minimum Gasteiger partial charge on any atom is -0.301 e. The van der Waals surface area contributed by atoms with Crippen molar-refractivity contribution in [2.24, 2.45) is 0 Å². The van der Waals surface area contributed by atoms with Crippen molar-refractivity contribution < 1.29 is 0 Å². The molecule has 0 aliphatic carbocycles. The first-order valence-corrected chi connectivity index (χ1v) is 6.23. The van der Waals surface area contributed by atoms with E-state index < -0.39 is 0 Å². The highest BCUT2D eigenvalue weighted by atomic mass is 15.3. The van der Waals surface area contributed by atoms with Crippen molar-refractivity contribution in [3.05, 3.63) is 54.4 Å². The van der Waals surface area contributed by atoms with Crippen LogP contribution < -0.4 is 0 Å². The summed E-state index contributed by atoms with van der Waals surface area (Å²) in [5.41, 5.74) is 3.74. The molecule has 0 radical (unpaired) electrons. The van der Waals surface area contributed by atoms with E-state index in [1.165, 1.54) is 0 Å². The Kier molecular flexibility index (Phi) is 2.26. The summed E-state index contributed by atoms with van der Waals surface area (Å²) in [7, 11) is 0. The van der Waals surface area contributed by atoms with Gasteiger partial charge in [-0.3, -0.25) is 4.98 Å². The summed E-state index contributed by atoms with van der Waals surface area (Å²) in [5, 5.41) is 4.33. The van der Waals surface area contributed by atoms with Gasteiger partial charge in [0, 0.05) is 24.2 Å².